The molecule has 1 saturated heterocycles. The number of Topliss-reactive ketones (excluding diaryl/α,β-unsaturated/α-hetero) is 1. The van der Waals surface area contributed by atoms with Gasteiger partial charge in [-0.25, -0.2) is 9.97 Å². The molecule has 0 radical (unpaired) electrons. The second-order valence-corrected chi connectivity index (χ2v) is 10.5. The summed E-state index contributed by atoms with van der Waals surface area (Å²) in [6.45, 7) is 7.39. The number of hydrogen-bond acceptors (Lipinski definition) is 6. The summed E-state index contributed by atoms with van der Waals surface area (Å²) in [5, 5.41) is 0. The highest BCUT2D eigenvalue weighted by Gasteiger charge is 2.32. The average molecular weight is 524 g/mol. The molecule has 0 N–H and O–H groups in total. The Bertz CT molecular complexity index is 1290. The van der Waals surface area contributed by atoms with Crippen molar-refractivity contribution >= 4 is 11.5 Å². The number of anilines is 1. The summed E-state index contributed by atoms with van der Waals surface area (Å²) in [5.41, 5.74) is 3.93. The number of halogens is 3. The van der Waals surface area contributed by atoms with E-state index >= 15 is 0 Å². The highest BCUT2D eigenvalue weighted by molar-refractivity contribution is 5.97. The molecular weight excluding hydrogens is 491 g/mol. The van der Waals surface area contributed by atoms with Crippen LogP contribution in [0.1, 0.15) is 51.0 Å². The van der Waals surface area contributed by atoms with Gasteiger partial charge in [0.15, 0.2) is 5.78 Å². The minimum absolute atomic E-state index is 0.0791. The Morgan fingerprint density at radius 1 is 1.00 bits per heavy atom. The number of aromatic nitrogens is 2. The molecule has 2 aliphatic heterocycles. The number of likely N-dealkylation sites (N-methyl/N-ethyl adjacent to an activating group) is 1. The maximum Gasteiger partial charge on any atom is 0.416 e. The van der Waals surface area contributed by atoms with E-state index in [1.807, 2.05) is 19.2 Å². The number of hydrogen-bond donors (Lipinski definition) is 0. The lowest BCUT2D eigenvalue weighted by atomic mass is 9.88. The van der Waals surface area contributed by atoms with Crippen molar-refractivity contribution in [1.82, 2.24) is 19.8 Å². The first-order valence-electron chi connectivity index (χ1n) is 12.9. The van der Waals surface area contributed by atoms with E-state index in [1.165, 1.54) is 18.0 Å². The van der Waals surface area contributed by atoms with Crippen LogP contribution in [0, 0.1) is 0 Å². The van der Waals surface area contributed by atoms with E-state index in [0.717, 1.165) is 50.0 Å². The fourth-order valence-electron chi connectivity index (χ4n) is 5.42. The summed E-state index contributed by atoms with van der Waals surface area (Å²) in [4.78, 5) is 28.1. The SMILES string of the molecule is C[C@H]1CN(c2cncnc2)Cc2cc(C(=O)Cc3cc(CN4CCN(C)CC4)cc(C(F)(F)F)c3)ccc21. The summed E-state index contributed by atoms with van der Waals surface area (Å²) >= 11 is 0. The lowest BCUT2D eigenvalue weighted by Crippen LogP contribution is -2.43. The van der Waals surface area contributed by atoms with E-state index in [1.54, 1.807) is 24.5 Å². The normalized spacial score (nSPS) is 18.9. The molecule has 38 heavy (non-hydrogen) atoms. The Kier molecular flexibility index (Phi) is 7.49. The van der Waals surface area contributed by atoms with E-state index in [0.29, 0.717) is 29.8 Å². The molecule has 0 bridgehead atoms. The van der Waals surface area contributed by atoms with Crippen molar-refractivity contribution in [3.63, 3.8) is 0 Å². The fraction of sp³-hybridized carbons (Fsp3) is 0.414. The van der Waals surface area contributed by atoms with Crippen LogP contribution in [0.15, 0.2) is 55.1 Å². The number of ketones is 1. The Balaban J connectivity index is 1.36. The van der Waals surface area contributed by atoms with E-state index < -0.39 is 11.7 Å². The van der Waals surface area contributed by atoms with Gasteiger partial charge in [0.25, 0.3) is 0 Å². The first kappa shape index (κ1) is 26.3. The van der Waals surface area contributed by atoms with Gasteiger partial charge in [-0.05, 0) is 53.4 Å². The quantitative estimate of drug-likeness (QED) is 0.433. The molecule has 2 aliphatic rings. The van der Waals surface area contributed by atoms with Gasteiger partial charge >= 0.3 is 6.18 Å². The molecule has 3 heterocycles. The van der Waals surface area contributed by atoms with Crippen molar-refractivity contribution in [2.45, 2.75) is 38.5 Å². The predicted octanol–water partition coefficient (Wildman–Crippen LogP) is 4.79. The van der Waals surface area contributed by atoms with Gasteiger partial charge in [-0.15, -0.1) is 0 Å². The Morgan fingerprint density at radius 3 is 2.42 bits per heavy atom. The third kappa shape index (κ3) is 6.05. The van der Waals surface area contributed by atoms with Crippen LogP contribution < -0.4 is 4.90 Å². The van der Waals surface area contributed by atoms with Crippen LogP contribution in [0.4, 0.5) is 18.9 Å². The third-order valence-corrected chi connectivity index (χ3v) is 7.51. The second kappa shape index (κ2) is 10.8. The smallest absolute Gasteiger partial charge is 0.364 e. The first-order chi connectivity index (χ1) is 18.2. The number of nitrogens with zero attached hydrogens (tertiary/aromatic N) is 5. The zero-order chi connectivity index (χ0) is 26.9. The van der Waals surface area contributed by atoms with Crippen molar-refractivity contribution in [1.29, 1.82) is 0 Å². The maximum atomic E-state index is 13.7. The van der Waals surface area contributed by atoms with Crippen molar-refractivity contribution in [2.75, 3.05) is 44.7 Å². The predicted molar refractivity (Wildman–Crippen MR) is 140 cm³/mol. The standard InChI is InChI=1S/C29H32F3N5O/c1-20-16-37(26-14-33-19-34-15-26)18-24-13-23(3-4-27(20)24)28(38)12-21-9-22(11-25(10-21)29(30,31)32)17-36-7-5-35(2)6-8-36/h3-4,9-11,13-15,19-20H,5-8,12,16-18H2,1-2H3/t20-/m0/s1. The Morgan fingerprint density at radius 2 is 1.71 bits per heavy atom. The van der Waals surface area contributed by atoms with Gasteiger partial charge in [-0.3, -0.25) is 9.69 Å². The molecule has 0 aliphatic carbocycles. The van der Waals surface area contributed by atoms with Crippen LogP contribution in [-0.2, 0) is 25.7 Å². The van der Waals surface area contributed by atoms with Crippen molar-refractivity contribution in [3.05, 3.63) is 88.5 Å². The minimum Gasteiger partial charge on any atom is -0.364 e. The first-order valence-corrected chi connectivity index (χ1v) is 12.9. The topological polar surface area (TPSA) is 52.6 Å². The van der Waals surface area contributed by atoms with Gasteiger partial charge in [0.2, 0.25) is 0 Å². The van der Waals surface area contributed by atoms with E-state index in [2.05, 4.69) is 31.6 Å². The summed E-state index contributed by atoms with van der Waals surface area (Å²) in [6.07, 6.45) is 0.485. The zero-order valence-corrected chi connectivity index (χ0v) is 21.7. The van der Waals surface area contributed by atoms with Crippen LogP contribution in [0.25, 0.3) is 0 Å². The molecule has 0 saturated carbocycles. The van der Waals surface area contributed by atoms with Crippen LogP contribution in [0.5, 0.6) is 0 Å². The second-order valence-electron chi connectivity index (χ2n) is 10.5. The van der Waals surface area contributed by atoms with Gasteiger partial charge in [0.05, 0.1) is 23.6 Å². The number of benzene rings is 2. The molecule has 2 aromatic carbocycles. The number of piperazine rings is 1. The summed E-state index contributed by atoms with van der Waals surface area (Å²) < 4.78 is 41.2. The van der Waals surface area contributed by atoms with Crippen molar-refractivity contribution in [2.24, 2.45) is 0 Å². The molecule has 1 fully saturated rings. The Hall–Kier alpha value is -3.30. The summed E-state index contributed by atoms with van der Waals surface area (Å²) in [5.74, 6) is 0.0641. The van der Waals surface area contributed by atoms with Crippen LogP contribution >= 0.6 is 0 Å². The maximum absolute atomic E-state index is 13.7. The molecule has 0 unspecified atom stereocenters. The minimum atomic E-state index is -4.47. The molecule has 3 aromatic rings. The van der Waals surface area contributed by atoms with Gasteiger partial charge < -0.3 is 9.80 Å². The van der Waals surface area contributed by atoms with Gasteiger partial charge in [-0.1, -0.05) is 25.1 Å². The van der Waals surface area contributed by atoms with Gasteiger partial charge in [0.1, 0.15) is 6.33 Å². The molecule has 6 nitrogen and oxygen atoms in total. The molecular formula is C29H32F3N5O. The summed E-state index contributed by atoms with van der Waals surface area (Å²) in [7, 11) is 2.04. The lowest BCUT2D eigenvalue weighted by Gasteiger charge is -2.34. The lowest BCUT2D eigenvalue weighted by molar-refractivity contribution is -0.137. The number of carbonyl (C=O) groups is 1. The van der Waals surface area contributed by atoms with Crippen LogP contribution in [0.2, 0.25) is 0 Å². The molecule has 0 amide bonds. The van der Waals surface area contributed by atoms with Crippen molar-refractivity contribution < 1.29 is 18.0 Å². The summed E-state index contributed by atoms with van der Waals surface area (Å²) in [6, 6.07) is 9.76. The number of rotatable bonds is 6. The number of alkyl halides is 3. The van der Waals surface area contributed by atoms with Crippen LogP contribution in [0.3, 0.4) is 0 Å². The molecule has 0 spiro atoms. The molecule has 1 aromatic heterocycles. The van der Waals surface area contributed by atoms with Crippen molar-refractivity contribution in [3.8, 4) is 0 Å². The largest absolute Gasteiger partial charge is 0.416 e. The zero-order valence-electron chi connectivity index (χ0n) is 21.7. The van der Waals surface area contributed by atoms with Gasteiger partial charge in [-0.2, -0.15) is 13.2 Å². The number of fused-ring (bicyclic) bond motifs is 1. The van der Waals surface area contributed by atoms with E-state index in [9.17, 15) is 18.0 Å². The van der Waals surface area contributed by atoms with E-state index in [4.69, 9.17) is 0 Å². The molecule has 5 rings (SSSR count). The Labute approximate surface area is 221 Å². The molecule has 200 valence electrons. The highest BCUT2D eigenvalue weighted by Crippen LogP contribution is 2.33. The van der Waals surface area contributed by atoms with E-state index in [-0.39, 0.29) is 18.1 Å². The fourth-order valence-corrected chi connectivity index (χ4v) is 5.42. The molecule has 1 atom stereocenters. The number of carbonyl (C=O) groups excluding carboxylic acids is 1. The van der Waals surface area contributed by atoms with Crippen LogP contribution in [-0.4, -0.2) is 65.3 Å². The monoisotopic (exact) mass is 523 g/mol. The van der Waals surface area contributed by atoms with Gasteiger partial charge in [0, 0.05) is 57.8 Å². The highest BCUT2D eigenvalue weighted by atomic mass is 19.4. The third-order valence-electron chi connectivity index (χ3n) is 7.51. The average Bonchev–Trinajstić information content (AvgIpc) is 2.89. The molecule has 9 heteroatoms.